The van der Waals surface area contributed by atoms with Crippen molar-refractivity contribution in [3.8, 4) is 17.0 Å². The number of amides is 1. The summed E-state index contributed by atoms with van der Waals surface area (Å²) in [6, 6.07) is 14.4. The Kier molecular flexibility index (Phi) is 4.32. The van der Waals surface area contributed by atoms with Gasteiger partial charge in [0.25, 0.3) is 11.9 Å². The van der Waals surface area contributed by atoms with Gasteiger partial charge in [0.1, 0.15) is 5.75 Å². The van der Waals surface area contributed by atoms with E-state index in [-0.39, 0.29) is 11.9 Å². The second kappa shape index (κ2) is 6.78. The molecule has 4 rings (SSSR count). The third kappa shape index (κ3) is 3.02. The maximum atomic E-state index is 12.3. The zero-order valence-corrected chi connectivity index (χ0v) is 15.2. The maximum Gasteiger partial charge on any atom is 0.258 e. The zero-order chi connectivity index (χ0) is 18.1. The number of thiazole rings is 1. The minimum atomic E-state index is -0.315. The number of anilines is 1. The van der Waals surface area contributed by atoms with Gasteiger partial charge in [0, 0.05) is 21.5 Å². The van der Waals surface area contributed by atoms with E-state index < -0.39 is 0 Å². The van der Waals surface area contributed by atoms with E-state index in [0.717, 1.165) is 17.0 Å². The summed E-state index contributed by atoms with van der Waals surface area (Å²) in [5.41, 5.74) is 2.19. The predicted molar refractivity (Wildman–Crippen MR) is 102 cm³/mol. The summed E-state index contributed by atoms with van der Waals surface area (Å²) in [5, 5.41) is 9.56. The average Bonchev–Trinajstić information content (AvgIpc) is 3.21. The summed E-state index contributed by atoms with van der Waals surface area (Å²) in [5.74, 6) is 0.662. The van der Waals surface area contributed by atoms with E-state index in [1.807, 2.05) is 29.6 Å². The van der Waals surface area contributed by atoms with Crippen LogP contribution in [0.1, 0.15) is 10.4 Å². The molecule has 0 aliphatic rings. The van der Waals surface area contributed by atoms with Crippen LogP contribution in [0.15, 0.2) is 53.9 Å². The molecule has 8 heteroatoms. The van der Waals surface area contributed by atoms with Gasteiger partial charge in [-0.15, -0.1) is 16.4 Å². The zero-order valence-electron chi connectivity index (χ0n) is 13.6. The average molecular weight is 385 g/mol. The molecule has 0 aliphatic carbocycles. The molecule has 2 heterocycles. The van der Waals surface area contributed by atoms with Gasteiger partial charge in [-0.2, -0.15) is 4.98 Å². The van der Waals surface area contributed by atoms with Crippen molar-refractivity contribution in [2.75, 3.05) is 12.4 Å². The van der Waals surface area contributed by atoms with Crippen LogP contribution >= 0.6 is 22.9 Å². The highest BCUT2D eigenvalue weighted by atomic mass is 35.5. The van der Waals surface area contributed by atoms with Gasteiger partial charge in [-0.3, -0.25) is 10.1 Å². The molecule has 26 heavy (non-hydrogen) atoms. The number of aromatic nitrogens is 3. The van der Waals surface area contributed by atoms with E-state index in [2.05, 4.69) is 15.4 Å². The number of methoxy groups -OCH3 is 1. The summed E-state index contributed by atoms with van der Waals surface area (Å²) < 4.78 is 7.11. The lowest BCUT2D eigenvalue weighted by molar-refractivity contribution is 0.102. The molecule has 2 aromatic carbocycles. The Morgan fingerprint density at radius 2 is 2.08 bits per heavy atom. The van der Waals surface area contributed by atoms with Gasteiger partial charge in [0.15, 0.2) is 0 Å². The van der Waals surface area contributed by atoms with Gasteiger partial charge in [0.2, 0.25) is 4.96 Å². The number of fused-ring (bicyclic) bond motifs is 1. The molecule has 0 aliphatic heterocycles. The first-order valence-electron chi connectivity index (χ1n) is 7.70. The Labute approximate surface area is 158 Å². The van der Waals surface area contributed by atoms with Gasteiger partial charge in [0.05, 0.1) is 12.8 Å². The summed E-state index contributed by atoms with van der Waals surface area (Å²) in [7, 11) is 1.63. The van der Waals surface area contributed by atoms with Crippen molar-refractivity contribution in [1.82, 2.24) is 14.6 Å². The van der Waals surface area contributed by atoms with Gasteiger partial charge in [-0.1, -0.05) is 29.8 Å². The first kappa shape index (κ1) is 16.6. The molecule has 0 radical (unpaired) electrons. The lowest BCUT2D eigenvalue weighted by Crippen LogP contribution is -2.13. The van der Waals surface area contributed by atoms with E-state index in [4.69, 9.17) is 16.3 Å². The number of rotatable bonds is 4. The number of nitrogens with one attached hydrogen (secondary N) is 1. The van der Waals surface area contributed by atoms with Gasteiger partial charge >= 0.3 is 0 Å². The number of para-hydroxylation sites is 1. The molecule has 4 aromatic rings. The van der Waals surface area contributed by atoms with Crippen LogP contribution in [-0.2, 0) is 0 Å². The normalized spacial score (nSPS) is 10.8. The molecule has 130 valence electrons. The summed E-state index contributed by atoms with van der Waals surface area (Å²) in [4.78, 5) is 17.4. The van der Waals surface area contributed by atoms with Crippen LogP contribution in [-0.4, -0.2) is 27.6 Å². The maximum absolute atomic E-state index is 12.3. The largest absolute Gasteiger partial charge is 0.496 e. The molecule has 0 bridgehead atoms. The molecule has 0 atom stereocenters. The van der Waals surface area contributed by atoms with Crippen LogP contribution in [0.5, 0.6) is 5.75 Å². The van der Waals surface area contributed by atoms with E-state index in [0.29, 0.717) is 15.5 Å². The Hall–Kier alpha value is -2.90. The number of benzene rings is 2. The monoisotopic (exact) mass is 384 g/mol. The van der Waals surface area contributed by atoms with Crippen molar-refractivity contribution in [3.05, 3.63) is 64.5 Å². The molecule has 0 saturated carbocycles. The van der Waals surface area contributed by atoms with Crippen molar-refractivity contribution in [2.45, 2.75) is 0 Å². The highest BCUT2D eigenvalue weighted by Gasteiger charge is 2.16. The number of nitrogens with zero attached hydrogens (tertiary/aromatic N) is 3. The van der Waals surface area contributed by atoms with Crippen molar-refractivity contribution >= 4 is 39.8 Å². The molecule has 0 unspecified atom stereocenters. The summed E-state index contributed by atoms with van der Waals surface area (Å²) in [6.07, 6.45) is 0. The fraction of sp³-hybridized carbons (Fsp3) is 0.0556. The van der Waals surface area contributed by atoms with Crippen LogP contribution in [0.3, 0.4) is 0 Å². The first-order chi connectivity index (χ1) is 12.7. The summed E-state index contributed by atoms with van der Waals surface area (Å²) >= 11 is 7.37. The molecule has 0 saturated heterocycles. The van der Waals surface area contributed by atoms with Gasteiger partial charge in [-0.05, 0) is 30.3 Å². The van der Waals surface area contributed by atoms with Crippen LogP contribution in [0.25, 0.3) is 16.2 Å². The number of carbonyl (C=O) groups is 1. The molecule has 1 N–H and O–H groups in total. The third-order valence-electron chi connectivity index (χ3n) is 3.78. The van der Waals surface area contributed by atoms with Crippen LogP contribution < -0.4 is 10.1 Å². The van der Waals surface area contributed by atoms with E-state index in [1.165, 1.54) is 11.3 Å². The quantitative estimate of drug-likeness (QED) is 0.567. The second-order valence-corrected chi connectivity index (χ2v) is 6.69. The van der Waals surface area contributed by atoms with E-state index in [9.17, 15) is 4.79 Å². The van der Waals surface area contributed by atoms with E-state index in [1.54, 1.807) is 35.9 Å². The minimum absolute atomic E-state index is 0.234. The van der Waals surface area contributed by atoms with Gasteiger partial charge in [-0.25, -0.2) is 4.52 Å². The number of hydrogen-bond donors (Lipinski definition) is 1. The molecule has 0 fully saturated rings. The highest BCUT2D eigenvalue weighted by Crippen LogP contribution is 2.32. The number of hydrogen-bond acceptors (Lipinski definition) is 5. The van der Waals surface area contributed by atoms with Crippen LogP contribution in [0, 0.1) is 0 Å². The standard InChI is InChI=1S/C18H13ClN4O2S/c1-25-15-8-3-2-7-13(15)14-10-26-18-21-17(22-23(14)18)20-16(24)11-5-4-6-12(19)9-11/h2-10H,1H3,(H,20,22,24). The smallest absolute Gasteiger partial charge is 0.258 e. The first-order valence-corrected chi connectivity index (χ1v) is 8.96. The van der Waals surface area contributed by atoms with E-state index >= 15 is 0 Å². The molecule has 6 nitrogen and oxygen atoms in total. The van der Waals surface area contributed by atoms with Crippen LogP contribution in [0.4, 0.5) is 5.95 Å². The molecular formula is C18H13ClN4O2S. The van der Waals surface area contributed by atoms with Crippen molar-refractivity contribution in [1.29, 1.82) is 0 Å². The SMILES string of the molecule is COc1ccccc1-c1csc2nc(NC(=O)c3cccc(Cl)c3)nn12. The lowest BCUT2D eigenvalue weighted by atomic mass is 10.1. The second-order valence-electron chi connectivity index (χ2n) is 5.42. The number of carbonyl (C=O) groups excluding carboxylic acids is 1. The number of ether oxygens (including phenoxy) is 1. The molecule has 1 amide bonds. The lowest BCUT2D eigenvalue weighted by Gasteiger charge is -2.06. The van der Waals surface area contributed by atoms with Crippen molar-refractivity contribution in [2.24, 2.45) is 0 Å². The van der Waals surface area contributed by atoms with Crippen molar-refractivity contribution in [3.63, 3.8) is 0 Å². The minimum Gasteiger partial charge on any atom is -0.496 e. The summed E-state index contributed by atoms with van der Waals surface area (Å²) in [6.45, 7) is 0. The van der Waals surface area contributed by atoms with Crippen molar-refractivity contribution < 1.29 is 9.53 Å². The molecule has 0 spiro atoms. The molecular weight excluding hydrogens is 372 g/mol. The predicted octanol–water partition coefficient (Wildman–Crippen LogP) is 4.37. The van der Waals surface area contributed by atoms with Crippen LogP contribution in [0.2, 0.25) is 5.02 Å². The Morgan fingerprint density at radius 3 is 2.88 bits per heavy atom. The third-order valence-corrected chi connectivity index (χ3v) is 4.83. The highest BCUT2D eigenvalue weighted by molar-refractivity contribution is 7.15. The fourth-order valence-corrected chi connectivity index (χ4v) is 3.59. The van der Waals surface area contributed by atoms with Gasteiger partial charge < -0.3 is 4.74 Å². The fourth-order valence-electron chi connectivity index (χ4n) is 2.58. The Morgan fingerprint density at radius 1 is 1.23 bits per heavy atom. The number of halogens is 1. The Bertz CT molecular complexity index is 1110. The topological polar surface area (TPSA) is 68.5 Å². The Balaban J connectivity index is 1.67. The molecule has 2 aromatic heterocycles.